The number of hydrogen-bond acceptors (Lipinski definition) is 0. The number of rotatable bonds is 3. The Hall–Kier alpha value is -0.790. The Bertz CT molecular complexity index is 315. The third-order valence-electron chi connectivity index (χ3n) is 3.43. The van der Waals surface area contributed by atoms with Crippen LogP contribution in [0, 0.1) is 0 Å². The molecule has 16 heavy (non-hydrogen) atoms. The number of piperidine rings is 1. The summed E-state index contributed by atoms with van der Waals surface area (Å²) in [4.78, 5) is 0. The molecule has 0 atom stereocenters. The van der Waals surface area contributed by atoms with Gasteiger partial charge >= 0.3 is 0 Å². The summed E-state index contributed by atoms with van der Waals surface area (Å²) >= 11 is 0. The Morgan fingerprint density at radius 3 is 2.25 bits per heavy atom. The van der Waals surface area contributed by atoms with Crippen molar-refractivity contribution in [1.82, 2.24) is 0 Å². The van der Waals surface area contributed by atoms with Gasteiger partial charge in [0.15, 0.2) is 0 Å². The number of quaternary nitrogens is 1. The lowest BCUT2D eigenvalue weighted by molar-refractivity contribution is -0.897. The van der Waals surface area contributed by atoms with Gasteiger partial charge in [-0.05, 0) is 25.8 Å². The molecule has 1 heterocycles. The van der Waals surface area contributed by atoms with E-state index < -0.39 is 0 Å². The van der Waals surface area contributed by atoms with Crippen LogP contribution in [0.25, 0.3) is 0 Å². The maximum absolute atomic E-state index is 4.02. The van der Waals surface area contributed by atoms with Crippen LogP contribution in [-0.2, 0) is 6.54 Å². The highest BCUT2D eigenvalue weighted by atomic mass is 35.5. The zero-order valence-corrected chi connectivity index (χ0v) is 10.5. The summed E-state index contributed by atoms with van der Waals surface area (Å²) in [7, 11) is 0. The van der Waals surface area contributed by atoms with Crippen molar-refractivity contribution in [3.63, 3.8) is 0 Å². The molecule has 0 aliphatic carbocycles. The molecular formula is C14H20ClN. The molecule has 0 unspecified atom stereocenters. The summed E-state index contributed by atoms with van der Waals surface area (Å²) in [5.74, 6) is 0. The first-order valence-corrected chi connectivity index (χ1v) is 5.88. The highest BCUT2D eigenvalue weighted by Gasteiger charge is 2.26. The highest BCUT2D eigenvalue weighted by Crippen LogP contribution is 2.22. The molecule has 0 bridgehead atoms. The predicted molar refractivity (Wildman–Crippen MR) is 64.2 cm³/mol. The lowest BCUT2D eigenvalue weighted by atomic mass is 10.1. The summed E-state index contributed by atoms with van der Waals surface area (Å²) in [6.07, 6.45) is 6.23. The molecule has 1 aliphatic heterocycles. The van der Waals surface area contributed by atoms with E-state index in [9.17, 15) is 0 Å². The normalized spacial score (nSPS) is 18.5. The van der Waals surface area contributed by atoms with Crippen molar-refractivity contribution in [2.24, 2.45) is 0 Å². The fraction of sp³-hybridized carbons (Fsp3) is 0.429. The minimum atomic E-state index is 0. The van der Waals surface area contributed by atoms with E-state index in [1.54, 1.807) is 0 Å². The van der Waals surface area contributed by atoms with E-state index in [0.717, 1.165) is 11.0 Å². The van der Waals surface area contributed by atoms with E-state index in [1.807, 2.05) is 0 Å². The lowest BCUT2D eigenvalue weighted by Crippen LogP contribution is -3.00. The summed E-state index contributed by atoms with van der Waals surface area (Å²) in [6.45, 7) is 7.66. The molecule has 0 spiro atoms. The minimum absolute atomic E-state index is 0. The van der Waals surface area contributed by atoms with Crippen LogP contribution in [0.4, 0.5) is 0 Å². The zero-order chi connectivity index (χ0) is 10.6. The average molecular weight is 238 g/mol. The van der Waals surface area contributed by atoms with Gasteiger partial charge in [0, 0.05) is 5.56 Å². The molecule has 1 fully saturated rings. The first-order chi connectivity index (χ1) is 7.35. The maximum Gasteiger partial charge on any atom is 0.109 e. The van der Waals surface area contributed by atoms with Gasteiger partial charge < -0.3 is 12.4 Å². The van der Waals surface area contributed by atoms with E-state index in [4.69, 9.17) is 0 Å². The van der Waals surface area contributed by atoms with E-state index in [2.05, 4.69) is 43.1 Å². The van der Waals surface area contributed by atoms with Gasteiger partial charge in [0.1, 0.15) is 6.54 Å². The quantitative estimate of drug-likeness (QED) is 0.665. The van der Waals surface area contributed by atoms with Crippen molar-refractivity contribution in [2.75, 3.05) is 13.1 Å². The predicted octanol–water partition coefficient (Wildman–Crippen LogP) is 0.335. The molecule has 1 nitrogen and oxygen atoms in total. The van der Waals surface area contributed by atoms with E-state index in [1.165, 1.54) is 37.9 Å². The summed E-state index contributed by atoms with van der Waals surface area (Å²) in [5, 5.41) is 0. The zero-order valence-electron chi connectivity index (χ0n) is 9.74. The van der Waals surface area contributed by atoms with Crippen LogP contribution in [0.3, 0.4) is 0 Å². The molecule has 1 saturated heterocycles. The first-order valence-electron chi connectivity index (χ1n) is 5.88. The summed E-state index contributed by atoms with van der Waals surface area (Å²) in [6, 6.07) is 10.8. The first kappa shape index (κ1) is 13.3. The monoisotopic (exact) mass is 237 g/mol. The van der Waals surface area contributed by atoms with Crippen molar-refractivity contribution < 1.29 is 16.9 Å². The topological polar surface area (TPSA) is 0 Å². The Balaban J connectivity index is 0.00000128. The number of halogens is 1. The molecule has 0 radical (unpaired) electrons. The van der Waals surface area contributed by atoms with Crippen LogP contribution in [0.5, 0.6) is 0 Å². The van der Waals surface area contributed by atoms with Crippen LogP contribution in [0.2, 0.25) is 0 Å². The van der Waals surface area contributed by atoms with Crippen molar-refractivity contribution in [3.05, 3.63) is 48.7 Å². The molecular weight excluding hydrogens is 218 g/mol. The molecule has 2 heteroatoms. The fourth-order valence-electron chi connectivity index (χ4n) is 2.49. The Morgan fingerprint density at radius 2 is 1.69 bits per heavy atom. The molecule has 88 valence electrons. The van der Waals surface area contributed by atoms with E-state index in [-0.39, 0.29) is 12.4 Å². The van der Waals surface area contributed by atoms with Gasteiger partial charge in [0.2, 0.25) is 0 Å². The maximum atomic E-state index is 4.02. The van der Waals surface area contributed by atoms with Crippen molar-refractivity contribution in [3.8, 4) is 0 Å². The van der Waals surface area contributed by atoms with E-state index in [0.29, 0.717) is 0 Å². The average Bonchev–Trinajstić information content (AvgIpc) is 2.32. The fourth-order valence-corrected chi connectivity index (χ4v) is 2.49. The van der Waals surface area contributed by atoms with Crippen molar-refractivity contribution in [2.45, 2.75) is 25.8 Å². The molecule has 2 rings (SSSR count). The van der Waals surface area contributed by atoms with Crippen molar-refractivity contribution >= 4 is 0 Å². The van der Waals surface area contributed by atoms with Crippen molar-refractivity contribution in [1.29, 1.82) is 0 Å². The largest absolute Gasteiger partial charge is 1.00 e. The van der Waals surface area contributed by atoms with Crippen LogP contribution >= 0.6 is 0 Å². The molecule has 0 N–H and O–H groups in total. The minimum Gasteiger partial charge on any atom is -1.00 e. The van der Waals surface area contributed by atoms with Crippen LogP contribution in [0.15, 0.2) is 43.1 Å². The lowest BCUT2D eigenvalue weighted by Gasteiger charge is -2.38. The summed E-state index contributed by atoms with van der Waals surface area (Å²) < 4.78 is 1.07. The molecule has 1 aliphatic rings. The highest BCUT2D eigenvalue weighted by molar-refractivity contribution is 5.13. The number of likely N-dealkylation sites (tertiary alicyclic amines) is 1. The molecule has 0 saturated carbocycles. The van der Waals surface area contributed by atoms with Gasteiger partial charge in [0.25, 0.3) is 0 Å². The van der Waals surface area contributed by atoms with Gasteiger partial charge in [0.05, 0.1) is 19.3 Å². The van der Waals surface area contributed by atoms with Gasteiger partial charge in [-0.25, -0.2) is 0 Å². The third-order valence-corrected chi connectivity index (χ3v) is 3.43. The third kappa shape index (κ3) is 3.10. The SMILES string of the molecule is C=C[N+]1(Cc2ccccc2)CCCCC1.[Cl-]. The number of hydrogen-bond donors (Lipinski definition) is 0. The Morgan fingerprint density at radius 1 is 1.06 bits per heavy atom. The van der Waals surface area contributed by atoms with E-state index >= 15 is 0 Å². The second kappa shape index (κ2) is 6.07. The van der Waals surface area contributed by atoms with Gasteiger partial charge in [-0.2, -0.15) is 0 Å². The Kier molecular flexibility index (Phi) is 5.04. The second-order valence-electron chi connectivity index (χ2n) is 4.55. The van der Waals surface area contributed by atoms with Gasteiger partial charge in [-0.15, -0.1) is 0 Å². The second-order valence-corrected chi connectivity index (χ2v) is 4.55. The van der Waals surface area contributed by atoms with Gasteiger partial charge in [-0.3, -0.25) is 4.48 Å². The molecule has 0 amide bonds. The smallest absolute Gasteiger partial charge is 0.109 e. The summed E-state index contributed by atoms with van der Waals surface area (Å²) in [5.41, 5.74) is 1.43. The number of nitrogens with zero attached hydrogens (tertiary/aromatic N) is 1. The van der Waals surface area contributed by atoms with Crippen LogP contribution in [0.1, 0.15) is 24.8 Å². The standard InChI is InChI=1S/C14H20N.ClH/c1-2-15(11-7-4-8-12-15)13-14-9-5-3-6-10-14;/h2-3,5-6,9-10H,1,4,7-8,11-13H2;1H/q+1;/p-1. The molecule has 1 aromatic rings. The molecule has 1 aromatic carbocycles. The Labute approximate surface area is 105 Å². The number of benzene rings is 1. The van der Waals surface area contributed by atoms with Crippen LogP contribution in [-0.4, -0.2) is 17.6 Å². The van der Waals surface area contributed by atoms with Gasteiger partial charge in [-0.1, -0.05) is 30.3 Å². The molecule has 0 aromatic heterocycles. The van der Waals surface area contributed by atoms with Crippen LogP contribution < -0.4 is 12.4 Å².